The van der Waals surface area contributed by atoms with Crippen LogP contribution in [0.5, 0.6) is 17.2 Å². The van der Waals surface area contributed by atoms with Crippen LogP contribution in [0.3, 0.4) is 0 Å². The topological polar surface area (TPSA) is 114 Å². The number of carbonyl (C=O) groups excluding carboxylic acids is 1. The molecule has 0 unspecified atom stereocenters. The van der Waals surface area contributed by atoms with Crippen molar-refractivity contribution < 1.29 is 34.0 Å². The summed E-state index contributed by atoms with van der Waals surface area (Å²) in [5.41, 5.74) is 6.59. The predicted molar refractivity (Wildman–Crippen MR) is 151 cm³/mol. The Morgan fingerprint density at radius 3 is 2.00 bits per heavy atom. The molecular weight excluding hydrogens is 510 g/mol. The summed E-state index contributed by atoms with van der Waals surface area (Å²) in [4.78, 5) is 21.6. The number of methoxy groups -OCH3 is 2. The van der Waals surface area contributed by atoms with Crippen molar-refractivity contribution in [1.82, 2.24) is 5.32 Å². The molecule has 1 aliphatic rings. The molecule has 8 nitrogen and oxygen atoms in total. The van der Waals surface area contributed by atoms with Gasteiger partial charge in [-0.3, -0.25) is 4.79 Å². The van der Waals surface area contributed by atoms with Crippen LogP contribution in [0.25, 0.3) is 11.1 Å². The van der Waals surface area contributed by atoms with Gasteiger partial charge in [-0.2, -0.15) is 0 Å². The van der Waals surface area contributed by atoms with Crippen molar-refractivity contribution >= 4 is 12.4 Å². The number of benzene rings is 4. The van der Waals surface area contributed by atoms with Gasteiger partial charge in [-0.15, -0.1) is 0 Å². The maximum Gasteiger partial charge on any atom is 0.341 e. The molecule has 0 heterocycles. The Kier molecular flexibility index (Phi) is 9.38. The van der Waals surface area contributed by atoms with Gasteiger partial charge in [0.25, 0.3) is 0 Å². The molecule has 0 radical (unpaired) electrons. The molecule has 0 saturated heterocycles. The monoisotopic (exact) mass is 541 g/mol. The van der Waals surface area contributed by atoms with E-state index >= 15 is 0 Å². The van der Waals surface area contributed by atoms with Crippen molar-refractivity contribution in [2.45, 2.75) is 12.0 Å². The van der Waals surface area contributed by atoms with Gasteiger partial charge in [-0.1, -0.05) is 60.7 Å². The van der Waals surface area contributed by atoms with Crippen molar-refractivity contribution in [2.75, 3.05) is 27.4 Å². The number of hydrogen-bond acceptors (Lipinski definition) is 6. The average molecular weight is 542 g/mol. The smallest absolute Gasteiger partial charge is 0.341 e. The van der Waals surface area contributed by atoms with Crippen molar-refractivity contribution in [3.63, 3.8) is 0 Å². The van der Waals surface area contributed by atoms with Crippen molar-refractivity contribution in [3.05, 3.63) is 113 Å². The van der Waals surface area contributed by atoms with Crippen LogP contribution < -0.4 is 19.5 Å². The van der Waals surface area contributed by atoms with Gasteiger partial charge in [0.15, 0.2) is 6.61 Å². The van der Waals surface area contributed by atoms with Gasteiger partial charge in [0.1, 0.15) is 17.2 Å². The fourth-order valence-electron chi connectivity index (χ4n) is 4.85. The summed E-state index contributed by atoms with van der Waals surface area (Å²) < 4.78 is 15.7. The van der Waals surface area contributed by atoms with Crippen LogP contribution in [-0.4, -0.2) is 50.0 Å². The lowest BCUT2D eigenvalue weighted by molar-refractivity contribution is -0.139. The van der Waals surface area contributed by atoms with E-state index in [2.05, 4.69) is 41.7 Å². The summed E-state index contributed by atoms with van der Waals surface area (Å²) in [6, 6.07) is 28.3. The molecule has 40 heavy (non-hydrogen) atoms. The molecule has 8 heteroatoms. The van der Waals surface area contributed by atoms with E-state index in [4.69, 9.17) is 19.3 Å². The van der Waals surface area contributed by atoms with E-state index in [1.807, 2.05) is 18.2 Å². The highest BCUT2D eigenvalue weighted by Crippen LogP contribution is 2.44. The Labute approximate surface area is 232 Å². The normalized spacial score (nSPS) is 12.2. The number of aliphatic hydroxyl groups excluding tert-OH is 1. The van der Waals surface area contributed by atoms with Crippen molar-refractivity contribution in [3.8, 4) is 28.4 Å². The first-order chi connectivity index (χ1) is 19.5. The lowest BCUT2D eigenvalue weighted by Gasteiger charge is -2.20. The molecule has 0 aliphatic heterocycles. The van der Waals surface area contributed by atoms with Crippen LogP contribution in [0.1, 0.15) is 34.2 Å². The third-order valence-electron chi connectivity index (χ3n) is 6.71. The minimum absolute atomic E-state index is 0.164. The Balaban J connectivity index is 0.000000208. The van der Waals surface area contributed by atoms with Crippen molar-refractivity contribution in [1.29, 1.82) is 0 Å². The number of ether oxygens (including phenoxy) is 3. The molecule has 206 valence electrons. The zero-order valence-corrected chi connectivity index (χ0v) is 22.2. The Hall–Kier alpha value is -4.82. The number of rotatable bonds is 10. The number of amides is 1. The molecule has 1 atom stereocenters. The van der Waals surface area contributed by atoms with E-state index in [1.165, 1.54) is 22.3 Å². The van der Waals surface area contributed by atoms with Gasteiger partial charge in [-0.25, -0.2) is 4.79 Å². The quantitative estimate of drug-likeness (QED) is 0.247. The molecule has 4 aromatic rings. The van der Waals surface area contributed by atoms with Crippen LogP contribution in [0.2, 0.25) is 0 Å². The summed E-state index contributed by atoms with van der Waals surface area (Å²) in [5, 5.41) is 20.9. The fraction of sp³-hybridized carbons (Fsp3) is 0.188. The molecule has 0 saturated carbocycles. The molecule has 0 bridgehead atoms. The standard InChI is InChI=1S/C18H19NO6.C14H12O/c1-23-14-7-8-15(16(9-14)24-2)18(19-11-20)12-3-5-13(6-4-12)25-10-17(21)22;15-9-14-12-7-3-1-5-10(12)11-6-2-4-8-13(11)14/h3-9,11,18H,10H2,1-2H3,(H,19,20)(H,21,22);1-8,14-15H,9H2/t18-;/m0./s1. The minimum atomic E-state index is -1.05. The van der Waals surface area contributed by atoms with E-state index in [-0.39, 0.29) is 12.5 Å². The van der Waals surface area contributed by atoms with Crippen LogP contribution in [-0.2, 0) is 9.59 Å². The number of aliphatic hydroxyl groups is 1. The summed E-state index contributed by atoms with van der Waals surface area (Å²) in [5.74, 6) is 0.760. The fourth-order valence-corrected chi connectivity index (χ4v) is 4.85. The van der Waals surface area contributed by atoms with E-state index < -0.39 is 18.6 Å². The van der Waals surface area contributed by atoms with E-state index in [9.17, 15) is 14.7 Å². The largest absolute Gasteiger partial charge is 0.497 e. The molecule has 1 amide bonds. The second-order valence-corrected chi connectivity index (χ2v) is 8.99. The first kappa shape index (κ1) is 28.2. The second kappa shape index (κ2) is 13.3. The number of nitrogens with one attached hydrogen (secondary N) is 1. The molecule has 0 fully saturated rings. The summed E-state index contributed by atoms with van der Waals surface area (Å²) in [7, 11) is 3.10. The van der Waals surface area contributed by atoms with Gasteiger partial charge in [0.05, 0.1) is 26.9 Å². The SMILES string of the molecule is COc1ccc([C@@H](NC=O)c2ccc(OCC(=O)O)cc2)c(OC)c1.OCC1c2ccccc2-c2ccccc21. The second-order valence-electron chi connectivity index (χ2n) is 8.99. The van der Waals surface area contributed by atoms with E-state index in [1.54, 1.807) is 50.6 Å². The van der Waals surface area contributed by atoms with E-state index in [0.29, 0.717) is 23.7 Å². The molecular formula is C32H31NO7. The highest BCUT2D eigenvalue weighted by Gasteiger charge is 2.26. The number of carboxylic acids is 1. The van der Waals surface area contributed by atoms with Crippen LogP contribution in [0.4, 0.5) is 0 Å². The Bertz CT molecular complexity index is 1410. The number of fused-ring (bicyclic) bond motifs is 3. The van der Waals surface area contributed by atoms with Gasteiger partial charge in [0.2, 0.25) is 6.41 Å². The summed E-state index contributed by atoms with van der Waals surface area (Å²) in [6.45, 7) is -0.226. The lowest BCUT2D eigenvalue weighted by Crippen LogP contribution is -2.21. The number of carbonyl (C=O) groups is 2. The zero-order valence-electron chi connectivity index (χ0n) is 22.2. The third-order valence-corrected chi connectivity index (χ3v) is 6.71. The van der Waals surface area contributed by atoms with Crippen molar-refractivity contribution in [2.24, 2.45) is 0 Å². The highest BCUT2D eigenvalue weighted by atomic mass is 16.5. The first-order valence-electron chi connectivity index (χ1n) is 12.7. The van der Waals surface area contributed by atoms with Crippen LogP contribution in [0.15, 0.2) is 91.0 Å². The van der Waals surface area contributed by atoms with Crippen LogP contribution in [0, 0.1) is 0 Å². The average Bonchev–Trinajstić information content (AvgIpc) is 3.33. The molecule has 4 aromatic carbocycles. The van der Waals surface area contributed by atoms with E-state index in [0.717, 1.165) is 11.1 Å². The molecule has 1 aliphatic carbocycles. The summed E-state index contributed by atoms with van der Waals surface area (Å²) >= 11 is 0. The Morgan fingerprint density at radius 1 is 0.875 bits per heavy atom. The highest BCUT2D eigenvalue weighted by molar-refractivity contribution is 5.78. The summed E-state index contributed by atoms with van der Waals surface area (Å²) in [6.07, 6.45) is 0.614. The predicted octanol–water partition coefficient (Wildman–Crippen LogP) is 4.79. The van der Waals surface area contributed by atoms with Gasteiger partial charge < -0.3 is 29.7 Å². The molecule has 0 aromatic heterocycles. The maximum absolute atomic E-state index is 11.1. The van der Waals surface area contributed by atoms with Crippen LogP contribution >= 0.6 is 0 Å². The lowest BCUT2D eigenvalue weighted by atomic mass is 9.97. The molecule has 3 N–H and O–H groups in total. The number of hydrogen-bond donors (Lipinski definition) is 3. The number of carboxylic acid groups (broad SMARTS) is 1. The number of aliphatic carboxylic acids is 1. The molecule has 0 spiro atoms. The third kappa shape index (κ3) is 6.24. The first-order valence-corrected chi connectivity index (χ1v) is 12.7. The van der Waals surface area contributed by atoms with Gasteiger partial charge in [0, 0.05) is 17.5 Å². The van der Waals surface area contributed by atoms with Gasteiger partial charge >= 0.3 is 5.97 Å². The Morgan fingerprint density at radius 2 is 1.48 bits per heavy atom. The maximum atomic E-state index is 11.1. The van der Waals surface area contributed by atoms with Gasteiger partial charge in [-0.05, 0) is 52.1 Å². The molecule has 5 rings (SSSR count). The zero-order chi connectivity index (χ0) is 28.5. The minimum Gasteiger partial charge on any atom is -0.497 e.